The lowest BCUT2D eigenvalue weighted by atomic mass is 10.1. The molecule has 0 spiro atoms. The summed E-state index contributed by atoms with van der Waals surface area (Å²) in [5, 5.41) is 22.0. The number of nitro benzene ring substituents is 1. The Labute approximate surface area is 119 Å². The Kier molecular flexibility index (Phi) is 6.01. The van der Waals surface area contributed by atoms with Crippen molar-refractivity contribution in [2.45, 2.75) is 26.2 Å². The molecule has 1 aromatic rings. The molecule has 8 heteroatoms. The highest BCUT2D eigenvalue weighted by atomic mass is 19.3. The molecule has 0 aromatic heterocycles. The maximum Gasteiger partial charge on any atom is 0.306 e. The molecule has 0 saturated carbocycles. The number of halogens is 2. The van der Waals surface area contributed by atoms with E-state index < -0.39 is 34.5 Å². The molecule has 0 aliphatic carbocycles. The third kappa shape index (κ3) is 4.97. The van der Waals surface area contributed by atoms with Crippen molar-refractivity contribution in [3.05, 3.63) is 33.9 Å². The minimum Gasteiger partial charge on any atom is -0.481 e. The fraction of sp³-hybridized carbons (Fsp3) is 0.462. The molecule has 1 aromatic carbocycles. The van der Waals surface area contributed by atoms with Crippen LogP contribution in [0.3, 0.4) is 0 Å². The standard InChI is InChI=1S/C13H16F2N2O4/c1-8(13(18)19)3-2-6-16-11-5-4-9(17(20)21)7-10(11)12(14)15/h4-5,7-8,12,16H,2-3,6H2,1H3,(H,18,19). The third-order valence-electron chi connectivity index (χ3n) is 3.03. The summed E-state index contributed by atoms with van der Waals surface area (Å²) in [6.07, 6.45) is -1.92. The third-order valence-corrected chi connectivity index (χ3v) is 3.03. The Balaban J connectivity index is 2.66. The highest BCUT2D eigenvalue weighted by molar-refractivity contribution is 5.69. The van der Waals surface area contributed by atoms with Crippen LogP contribution in [0.5, 0.6) is 0 Å². The lowest BCUT2D eigenvalue weighted by Crippen LogP contribution is -2.12. The number of carboxylic acids is 1. The quantitative estimate of drug-likeness (QED) is 0.436. The van der Waals surface area contributed by atoms with Gasteiger partial charge in [-0.25, -0.2) is 8.78 Å². The topological polar surface area (TPSA) is 92.5 Å². The summed E-state index contributed by atoms with van der Waals surface area (Å²) in [4.78, 5) is 20.5. The molecular weight excluding hydrogens is 286 g/mol. The summed E-state index contributed by atoms with van der Waals surface area (Å²) in [5.74, 6) is -1.41. The van der Waals surface area contributed by atoms with Crippen LogP contribution in [0.1, 0.15) is 31.8 Å². The molecule has 116 valence electrons. The number of anilines is 1. The van der Waals surface area contributed by atoms with Gasteiger partial charge < -0.3 is 10.4 Å². The Morgan fingerprint density at radius 3 is 2.67 bits per heavy atom. The van der Waals surface area contributed by atoms with Crippen molar-refractivity contribution >= 4 is 17.3 Å². The first kappa shape index (κ1) is 16.8. The normalized spacial score (nSPS) is 12.2. The van der Waals surface area contributed by atoms with Crippen molar-refractivity contribution in [2.75, 3.05) is 11.9 Å². The molecule has 0 aliphatic heterocycles. The number of nitrogens with one attached hydrogen (secondary N) is 1. The van der Waals surface area contributed by atoms with Gasteiger partial charge in [0.2, 0.25) is 0 Å². The average Bonchev–Trinajstić information content (AvgIpc) is 2.42. The van der Waals surface area contributed by atoms with E-state index in [9.17, 15) is 23.7 Å². The summed E-state index contributed by atoms with van der Waals surface area (Å²) in [6.45, 7) is 1.88. The van der Waals surface area contributed by atoms with Gasteiger partial charge in [-0.1, -0.05) is 6.92 Å². The van der Waals surface area contributed by atoms with Crippen LogP contribution in [0.15, 0.2) is 18.2 Å². The molecule has 21 heavy (non-hydrogen) atoms. The number of hydrogen-bond donors (Lipinski definition) is 2. The van der Waals surface area contributed by atoms with Crippen molar-refractivity contribution in [1.82, 2.24) is 0 Å². The number of hydrogen-bond acceptors (Lipinski definition) is 4. The lowest BCUT2D eigenvalue weighted by Gasteiger charge is -2.12. The second kappa shape index (κ2) is 7.51. The van der Waals surface area contributed by atoms with Crippen molar-refractivity contribution in [1.29, 1.82) is 0 Å². The van der Waals surface area contributed by atoms with E-state index in [-0.39, 0.29) is 5.69 Å². The van der Waals surface area contributed by atoms with Gasteiger partial charge in [0.1, 0.15) is 0 Å². The number of nitrogens with zero attached hydrogens (tertiary/aromatic N) is 1. The van der Waals surface area contributed by atoms with E-state index in [4.69, 9.17) is 5.11 Å². The molecule has 0 saturated heterocycles. The van der Waals surface area contributed by atoms with Crippen molar-refractivity contribution < 1.29 is 23.6 Å². The molecule has 0 bridgehead atoms. The minimum atomic E-state index is -2.83. The zero-order chi connectivity index (χ0) is 16.0. The Morgan fingerprint density at radius 2 is 2.14 bits per heavy atom. The second-order valence-electron chi connectivity index (χ2n) is 4.64. The number of nitro groups is 1. The zero-order valence-corrected chi connectivity index (χ0v) is 11.4. The predicted octanol–water partition coefficient (Wildman–Crippen LogP) is 3.45. The van der Waals surface area contributed by atoms with Crippen LogP contribution >= 0.6 is 0 Å². The SMILES string of the molecule is CC(CCCNc1ccc([N+](=O)[O-])cc1C(F)F)C(=O)O. The number of rotatable bonds is 8. The van der Waals surface area contributed by atoms with Crippen LogP contribution in [0.25, 0.3) is 0 Å². The van der Waals surface area contributed by atoms with E-state index >= 15 is 0 Å². The summed E-state index contributed by atoms with van der Waals surface area (Å²) in [6, 6.07) is 3.22. The van der Waals surface area contributed by atoms with Gasteiger partial charge in [0, 0.05) is 29.9 Å². The number of alkyl halides is 2. The highest BCUT2D eigenvalue weighted by Crippen LogP contribution is 2.30. The van der Waals surface area contributed by atoms with Crippen LogP contribution in [0, 0.1) is 16.0 Å². The van der Waals surface area contributed by atoms with Gasteiger partial charge >= 0.3 is 5.97 Å². The number of non-ortho nitro benzene ring substituents is 1. The maximum absolute atomic E-state index is 12.9. The molecule has 1 atom stereocenters. The second-order valence-corrected chi connectivity index (χ2v) is 4.64. The first-order valence-electron chi connectivity index (χ1n) is 6.36. The molecule has 1 unspecified atom stereocenters. The summed E-state index contributed by atoms with van der Waals surface area (Å²) < 4.78 is 25.7. The molecule has 0 aliphatic rings. The molecule has 0 heterocycles. The Hall–Kier alpha value is -2.25. The van der Waals surface area contributed by atoms with Gasteiger partial charge in [-0.05, 0) is 18.9 Å². The monoisotopic (exact) mass is 302 g/mol. The molecule has 1 rings (SSSR count). The minimum absolute atomic E-state index is 0.124. The Morgan fingerprint density at radius 1 is 1.48 bits per heavy atom. The van der Waals surface area contributed by atoms with Crippen LogP contribution in [-0.2, 0) is 4.79 Å². The van der Waals surface area contributed by atoms with E-state index in [1.165, 1.54) is 6.07 Å². The summed E-state index contributed by atoms with van der Waals surface area (Å²) in [7, 11) is 0. The van der Waals surface area contributed by atoms with E-state index in [1.807, 2.05) is 0 Å². The van der Waals surface area contributed by atoms with Crippen LogP contribution in [0.4, 0.5) is 20.2 Å². The fourth-order valence-electron chi connectivity index (χ4n) is 1.76. The number of benzene rings is 1. The van der Waals surface area contributed by atoms with Gasteiger partial charge in [0.25, 0.3) is 12.1 Å². The molecule has 0 amide bonds. The number of carboxylic acid groups (broad SMARTS) is 1. The van der Waals surface area contributed by atoms with Crippen LogP contribution in [0.2, 0.25) is 0 Å². The van der Waals surface area contributed by atoms with Crippen molar-refractivity contribution in [2.24, 2.45) is 5.92 Å². The van der Waals surface area contributed by atoms with Crippen LogP contribution < -0.4 is 5.32 Å². The molecular formula is C13H16F2N2O4. The fourth-order valence-corrected chi connectivity index (χ4v) is 1.76. The van der Waals surface area contributed by atoms with Gasteiger partial charge in [0.05, 0.1) is 10.8 Å². The maximum atomic E-state index is 12.9. The number of aliphatic carboxylic acids is 1. The number of carbonyl (C=O) groups is 1. The van der Waals surface area contributed by atoms with E-state index in [1.54, 1.807) is 6.92 Å². The molecule has 6 nitrogen and oxygen atoms in total. The molecule has 0 radical (unpaired) electrons. The lowest BCUT2D eigenvalue weighted by molar-refractivity contribution is -0.385. The largest absolute Gasteiger partial charge is 0.481 e. The first-order chi connectivity index (χ1) is 9.82. The van der Waals surface area contributed by atoms with Gasteiger partial charge in [-0.15, -0.1) is 0 Å². The zero-order valence-electron chi connectivity index (χ0n) is 11.4. The van der Waals surface area contributed by atoms with Gasteiger partial charge in [-0.2, -0.15) is 0 Å². The van der Waals surface area contributed by atoms with Crippen molar-refractivity contribution in [3.63, 3.8) is 0 Å². The summed E-state index contributed by atoms with van der Waals surface area (Å²) in [5.41, 5.74) is -0.704. The Bertz CT molecular complexity index is 523. The first-order valence-corrected chi connectivity index (χ1v) is 6.36. The van der Waals surface area contributed by atoms with Gasteiger partial charge in [-0.3, -0.25) is 14.9 Å². The van der Waals surface area contributed by atoms with Crippen LogP contribution in [-0.4, -0.2) is 22.5 Å². The van der Waals surface area contributed by atoms with Gasteiger partial charge in [0.15, 0.2) is 0 Å². The van der Waals surface area contributed by atoms with E-state index in [0.29, 0.717) is 19.4 Å². The predicted molar refractivity (Wildman–Crippen MR) is 72.6 cm³/mol. The highest BCUT2D eigenvalue weighted by Gasteiger charge is 2.18. The summed E-state index contributed by atoms with van der Waals surface area (Å²) >= 11 is 0. The smallest absolute Gasteiger partial charge is 0.306 e. The van der Waals surface area contributed by atoms with Crippen molar-refractivity contribution in [3.8, 4) is 0 Å². The molecule has 2 N–H and O–H groups in total. The molecule has 0 fully saturated rings. The van der Waals surface area contributed by atoms with E-state index in [2.05, 4.69) is 5.32 Å². The van der Waals surface area contributed by atoms with E-state index in [0.717, 1.165) is 12.1 Å². The average molecular weight is 302 g/mol.